The number of urea groups is 1. The van der Waals surface area contributed by atoms with Crippen LogP contribution in [0.2, 0.25) is 0 Å². The zero-order chi connectivity index (χ0) is 18.9. The minimum absolute atomic E-state index is 0.0269. The van der Waals surface area contributed by atoms with E-state index in [-0.39, 0.29) is 17.4 Å². The molecule has 6 nitrogen and oxygen atoms in total. The molecule has 2 aliphatic heterocycles. The van der Waals surface area contributed by atoms with Crippen molar-refractivity contribution in [3.8, 4) is 12.3 Å². The molecule has 3 aliphatic rings. The first-order valence-electron chi connectivity index (χ1n) is 9.77. The predicted octanol–water partition coefficient (Wildman–Crippen LogP) is 1.72. The van der Waals surface area contributed by atoms with E-state index in [1.165, 1.54) is 4.90 Å². The molecule has 0 aromatic carbocycles. The molecule has 0 aromatic heterocycles. The van der Waals surface area contributed by atoms with Crippen LogP contribution in [0, 0.1) is 23.7 Å². The number of hydrogen-bond acceptors (Lipinski definition) is 4. The Bertz CT molecular complexity index is 588. The molecule has 3 fully saturated rings. The van der Waals surface area contributed by atoms with Crippen LogP contribution in [0.5, 0.6) is 0 Å². The second-order valence-electron chi connectivity index (χ2n) is 9.13. The Morgan fingerprint density at radius 1 is 1.12 bits per heavy atom. The molecule has 26 heavy (non-hydrogen) atoms. The molecule has 1 saturated carbocycles. The maximum absolute atomic E-state index is 13.1. The fraction of sp³-hybridized carbons (Fsp3) is 0.800. The fourth-order valence-corrected chi connectivity index (χ4v) is 4.54. The van der Waals surface area contributed by atoms with Crippen molar-refractivity contribution in [1.29, 1.82) is 0 Å². The zero-order valence-corrected chi connectivity index (χ0v) is 16.4. The molecular weight excluding hydrogens is 328 g/mol. The predicted molar refractivity (Wildman–Crippen MR) is 101 cm³/mol. The highest BCUT2D eigenvalue weighted by Gasteiger charge is 2.53. The van der Waals surface area contributed by atoms with Gasteiger partial charge in [-0.1, -0.05) is 26.7 Å². The number of nitrogens with one attached hydrogen (secondary N) is 1. The topological polar surface area (TPSA) is 55.9 Å². The van der Waals surface area contributed by atoms with Gasteiger partial charge in [-0.2, -0.15) is 0 Å². The summed E-state index contributed by atoms with van der Waals surface area (Å²) in [6.07, 6.45) is 8.87. The summed E-state index contributed by atoms with van der Waals surface area (Å²) in [7, 11) is 0. The lowest BCUT2D eigenvalue weighted by Gasteiger charge is -2.40. The van der Waals surface area contributed by atoms with Crippen molar-refractivity contribution in [3.05, 3.63) is 0 Å². The molecule has 1 N–H and O–H groups in total. The lowest BCUT2D eigenvalue weighted by Crippen LogP contribution is -2.53. The SMILES string of the molecule is C#CCN1CCN(CN2C(=O)NC3(CCC(C(C)(C)C)CC3)C2=O)CC1. The first kappa shape index (κ1) is 19.2. The van der Waals surface area contributed by atoms with E-state index >= 15 is 0 Å². The van der Waals surface area contributed by atoms with E-state index in [4.69, 9.17) is 6.42 Å². The number of nitrogens with zero attached hydrogens (tertiary/aromatic N) is 3. The van der Waals surface area contributed by atoms with Crippen molar-refractivity contribution in [2.24, 2.45) is 11.3 Å². The van der Waals surface area contributed by atoms with Crippen LogP contribution in [0.3, 0.4) is 0 Å². The number of carbonyl (C=O) groups is 2. The number of rotatable bonds is 3. The van der Waals surface area contributed by atoms with E-state index in [9.17, 15) is 9.59 Å². The Morgan fingerprint density at radius 2 is 1.69 bits per heavy atom. The van der Waals surface area contributed by atoms with Crippen LogP contribution in [0.4, 0.5) is 4.79 Å². The molecule has 1 aliphatic carbocycles. The number of piperazine rings is 1. The average Bonchev–Trinajstić information content (AvgIpc) is 2.81. The summed E-state index contributed by atoms with van der Waals surface area (Å²) < 4.78 is 0. The highest BCUT2D eigenvalue weighted by Crippen LogP contribution is 2.43. The van der Waals surface area contributed by atoms with Crippen molar-refractivity contribution >= 4 is 11.9 Å². The van der Waals surface area contributed by atoms with Gasteiger partial charge in [-0.3, -0.25) is 14.6 Å². The third-order valence-corrected chi connectivity index (χ3v) is 6.43. The van der Waals surface area contributed by atoms with Crippen molar-refractivity contribution in [3.63, 3.8) is 0 Å². The lowest BCUT2D eigenvalue weighted by molar-refractivity contribution is -0.134. The molecule has 0 aromatic rings. The van der Waals surface area contributed by atoms with Crippen molar-refractivity contribution in [1.82, 2.24) is 20.0 Å². The van der Waals surface area contributed by atoms with Gasteiger partial charge in [0.15, 0.2) is 0 Å². The number of amides is 3. The van der Waals surface area contributed by atoms with Crippen molar-refractivity contribution < 1.29 is 9.59 Å². The van der Waals surface area contributed by atoms with Crippen LogP contribution >= 0.6 is 0 Å². The molecule has 0 atom stereocenters. The van der Waals surface area contributed by atoms with Gasteiger partial charge >= 0.3 is 6.03 Å². The third kappa shape index (κ3) is 3.74. The van der Waals surface area contributed by atoms with Gasteiger partial charge in [0.25, 0.3) is 5.91 Å². The Hall–Kier alpha value is -1.58. The summed E-state index contributed by atoms with van der Waals surface area (Å²) >= 11 is 0. The second kappa shape index (κ2) is 7.21. The Morgan fingerprint density at radius 3 is 2.23 bits per heavy atom. The van der Waals surface area contributed by atoms with Gasteiger partial charge in [-0.05, 0) is 37.0 Å². The minimum atomic E-state index is -0.663. The first-order valence-corrected chi connectivity index (χ1v) is 9.77. The van der Waals surface area contributed by atoms with Crippen LogP contribution in [0.1, 0.15) is 46.5 Å². The zero-order valence-electron chi connectivity index (χ0n) is 16.4. The smallest absolute Gasteiger partial charge is 0.323 e. The van der Waals surface area contributed by atoms with E-state index in [0.29, 0.717) is 19.1 Å². The van der Waals surface area contributed by atoms with Crippen LogP contribution < -0.4 is 5.32 Å². The standard InChI is InChI=1S/C20H32N4O2/c1-5-10-22-11-13-23(14-12-22)15-24-17(25)20(21-18(24)26)8-6-16(7-9-20)19(2,3)4/h1,16H,6-15H2,2-4H3,(H,21,26). The number of carbonyl (C=O) groups excluding carboxylic acids is 2. The second-order valence-corrected chi connectivity index (χ2v) is 9.13. The Kier molecular flexibility index (Phi) is 5.32. The van der Waals surface area contributed by atoms with Crippen LogP contribution in [0.15, 0.2) is 0 Å². The average molecular weight is 361 g/mol. The van der Waals surface area contributed by atoms with Gasteiger partial charge in [-0.15, -0.1) is 6.42 Å². The fourth-order valence-electron chi connectivity index (χ4n) is 4.54. The van der Waals surface area contributed by atoms with Gasteiger partial charge in [0.1, 0.15) is 5.54 Å². The van der Waals surface area contributed by atoms with Crippen LogP contribution in [0.25, 0.3) is 0 Å². The van der Waals surface area contributed by atoms with E-state index < -0.39 is 5.54 Å². The monoisotopic (exact) mass is 360 g/mol. The van der Waals surface area contributed by atoms with Crippen molar-refractivity contribution in [2.75, 3.05) is 39.4 Å². The molecule has 0 unspecified atom stereocenters. The Labute approximate surface area is 157 Å². The van der Waals surface area contributed by atoms with Gasteiger partial charge < -0.3 is 5.32 Å². The lowest BCUT2D eigenvalue weighted by atomic mass is 9.67. The normalized spacial score (nSPS) is 31.3. The highest BCUT2D eigenvalue weighted by molar-refractivity contribution is 6.07. The molecule has 2 heterocycles. The van der Waals surface area contributed by atoms with Gasteiger partial charge in [0.2, 0.25) is 0 Å². The van der Waals surface area contributed by atoms with Crippen LogP contribution in [-0.4, -0.2) is 71.6 Å². The summed E-state index contributed by atoms with van der Waals surface area (Å²) in [4.78, 5) is 31.4. The summed E-state index contributed by atoms with van der Waals surface area (Å²) in [5.74, 6) is 3.25. The van der Waals surface area contributed by atoms with Gasteiger partial charge in [0.05, 0.1) is 13.2 Å². The molecule has 0 bridgehead atoms. The van der Waals surface area contributed by atoms with E-state index in [2.05, 4.69) is 41.8 Å². The van der Waals surface area contributed by atoms with Crippen LogP contribution in [-0.2, 0) is 4.79 Å². The molecular formula is C20H32N4O2. The quantitative estimate of drug-likeness (QED) is 0.615. The minimum Gasteiger partial charge on any atom is -0.323 e. The first-order chi connectivity index (χ1) is 12.2. The van der Waals surface area contributed by atoms with E-state index in [1.807, 2.05) is 0 Å². The number of hydrogen-bond donors (Lipinski definition) is 1. The summed E-state index contributed by atoms with van der Waals surface area (Å²) in [6.45, 7) is 11.3. The number of terminal acetylenes is 1. The molecule has 3 rings (SSSR count). The van der Waals surface area contributed by atoms with Gasteiger partial charge in [-0.25, -0.2) is 9.69 Å². The third-order valence-electron chi connectivity index (χ3n) is 6.43. The summed E-state index contributed by atoms with van der Waals surface area (Å²) in [5.41, 5.74) is -0.408. The maximum atomic E-state index is 13.1. The van der Waals surface area contributed by atoms with E-state index in [0.717, 1.165) is 51.9 Å². The highest BCUT2D eigenvalue weighted by atomic mass is 16.2. The summed E-state index contributed by atoms with van der Waals surface area (Å²) in [5, 5.41) is 3.03. The Balaban J connectivity index is 1.58. The van der Waals surface area contributed by atoms with Crippen molar-refractivity contribution in [2.45, 2.75) is 52.0 Å². The molecule has 0 radical (unpaired) electrons. The summed E-state index contributed by atoms with van der Waals surface area (Å²) in [6, 6.07) is -0.227. The molecule has 6 heteroatoms. The molecule has 1 spiro atoms. The molecule has 3 amide bonds. The molecule has 2 saturated heterocycles. The maximum Gasteiger partial charge on any atom is 0.326 e. The number of imide groups is 1. The van der Waals surface area contributed by atoms with Gasteiger partial charge in [0, 0.05) is 26.2 Å². The van der Waals surface area contributed by atoms with E-state index in [1.54, 1.807) is 0 Å². The molecule has 144 valence electrons. The largest absolute Gasteiger partial charge is 0.326 e.